The molecule has 5 nitrogen and oxygen atoms in total. The molecule has 29 heavy (non-hydrogen) atoms. The van der Waals surface area contributed by atoms with Gasteiger partial charge in [0.05, 0.1) is 6.10 Å². The summed E-state index contributed by atoms with van der Waals surface area (Å²) in [5, 5.41) is 19.9. The Kier molecular flexibility index (Phi) is 9.28. The maximum absolute atomic E-state index is 12.3. The summed E-state index contributed by atoms with van der Waals surface area (Å²) >= 11 is 18.7. The Morgan fingerprint density at radius 1 is 1.17 bits per heavy atom. The van der Waals surface area contributed by atoms with Gasteiger partial charge in [0.1, 0.15) is 0 Å². The van der Waals surface area contributed by atoms with E-state index in [-0.39, 0.29) is 29.5 Å². The first-order valence-electron chi connectivity index (χ1n) is 9.62. The number of carbonyl (C=O) groups excluding carboxylic acids is 1. The van der Waals surface area contributed by atoms with Gasteiger partial charge in [0.25, 0.3) is 0 Å². The largest absolute Gasteiger partial charge is 0.481 e. The van der Waals surface area contributed by atoms with Gasteiger partial charge in [0.15, 0.2) is 0 Å². The highest BCUT2D eigenvalue weighted by Crippen LogP contribution is 2.40. The van der Waals surface area contributed by atoms with Gasteiger partial charge in [-0.2, -0.15) is 0 Å². The van der Waals surface area contributed by atoms with Crippen molar-refractivity contribution in [1.82, 2.24) is 0 Å². The number of aliphatic hydroxyl groups is 1. The van der Waals surface area contributed by atoms with Crippen molar-refractivity contribution in [3.8, 4) is 0 Å². The van der Waals surface area contributed by atoms with E-state index in [2.05, 4.69) is 0 Å². The van der Waals surface area contributed by atoms with Crippen molar-refractivity contribution in [2.24, 2.45) is 11.8 Å². The number of hydrogen-bond acceptors (Lipinski definition) is 3. The zero-order valence-corrected chi connectivity index (χ0v) is 18.5. The van der Waals surface area contributed by atoms with Crippen molar-refractivity contribution < 1.29 is 19.8 Å². The molecule has 1 aromatic rings. The fourth-order valence-corrected chi connectivity index (χ4v) is 4.76. The summed E-state index contributed by atoms with van der Waals surface area (Å²) in [5.74, 6) is -1.16. The van der Waals surface area contributed by atoms with Gasteiger partial charge < -0.3 is 15.1 Å². The highest BCUT2D eigenvalue weighted by atomic mass is 35.5. The van der Waals surface area contributed by atoms with Gasteiger partial charge in [-0.25, -0.2) is 0 Å². The van der Waals surface area contributed by atoms with Crippen molar-refractivity contribution in [3.63, 3.8) is 0 Å². The van der Waals surface area contributed by atoms with Gasteiger partial charge >= 0.3 is 5.97 Å². The van der Waals surface area contributed by atoms with Gasteiger partial charge in [-0.05, 0) is 49.8 Å². The van der Waals surface area contributed by atoms with Crippen LogP contribution in [0, 0.1) is 11.8 Å². The number of unbranched alkanes of at least 4 members (excludes halogenated alkanes) is 1. The number of hydrogen-bond donors (Lipinski definition) is 2. The Hall–Kier alpha value is -1.27. The summed E-state index contributed by atoms with van der Waals surface area (Å²) in [4.78, 5) is 24.4. The van der Waals surface area contributed by atoms with E-state index in [9.17, 15) is 14.7 Å². The minimum Gasteiger partial charge on any atom is -0.481 e. The van der Waals surface area contributed by atoms with E-state index < -0.39 is 12.1 Å². The molecule has 1 aliphatic rings. The molecule has 0 aromatic heterocycles. The van der Waals surface area contributed by atoms with Gasteiger partial charge in [-0.3, -0.25) is 9.59 Å². The molecule has 0 radical (unpaired) electrons. The lowest BCUT2D eigenvalue weighted by Crippen LogP contribution is -2.38. The summed E-state index contributed by atoms with van der Waals surface area (Å²) in [7, 11) is 0. The van der Waals surface area contributed by atoms with E-state index in [0.29, 0.717) is 48.0 Å². The number of aliphatic hydroxyl groups excluding tert-OH is 1. The van der Waals surface area contributed by atoms with E-state index in [0.717, 1.165) is 0 Å². The SMILES string of the molecule is CC(=O)N(C[C@@H]1[C@@H](C/C=C\CCCC(=O)O)[C@@H](Cl)C[C@H]1O)c1cc(Cl)cc(Cl)c1. The number of aliphatic carboxylic acids is 1. The highest BCUT2D eigenvalue weighted by Gasteiger charge is 2.42. The molecule has 0 saturated heterocycles. The molecule has 0 heterocycles. The van der Waals surface area contributed by atoms with Crippen molar-refractivity contribution >= 4 is 52.4 Å². The average molecular weight is 463 g/mol. The molecule has 0 spiro atoms. The van der Waals surface area contributed by atoms with Crippen LogP contribution in [-0.2, 0) is 9.59 Å². The van der Waals surface area contributed by atoms with E-state index in [4.69, 9.17) is 39.9 Å². The van der Waals surface area contributed by atoms with Gasteiger partial charge in [-0.15, -0.1) is 11.6 Å². The standard InChI is InChI=1S/C21H26Cl3NO4/c1-13(26)25(16-9-14(22)8-15(23)10-16)12-18-17(19(24)11-20(18)27)6-4-2-3-5-7-21(28)29/h2,4,8-10,17-20,27H,3,5-7,11-12H2,1H3,(H,28,29)/b4-2-/t17-,18-,19+,20-/m1/s1. The third-order valence-corrected chi connectivity index (χ3v) is 6.18. The van der Waals surface area contributed by atoms with Crippen LogP contribution < -0.4 is 4.90 Å². The third kappa shape index (κ3) is 7.18. The number of carboxylic acid groups (broad SMARTS) is 1. The molecule has 2 rings (SSSR count). The molecule has 0 unspecified atom stereocenters. The van der Waals surface area contributed by atoms with Gasteiger partial charge in [-0.1, -0.05) is 35.4 Å². The van der Waals surface area contributed by atoms with Crippen LogP contribution in [0.2, 0.25) is 10.0 Å². The number of alkyl halides is 1. The maximum atomic E-state index is 12.3. The molecule has 8 heteroatoms. The Labute approximate surface area is 186 Å². The van der Waals surface area contributed by atoms with Crippen LogP contribution in [0.3, 0.4) is 0 Å². The fourth-order valence-electron chi connectivity index (χ4n) is 3.78. The zero-order chi connectivity index (χ0) is 21.6. The minimum atomic E-state index is -0.802. The van der Waals surface area contributed by atoms with Gasteiger partial charge in [0, 0.05) is 46.9 Å². The number of rotatable bonds is 9. The second kappa shape index (κ2) is 11.2. The van der Waals surface area contributed by atoms with Crippen LogP contribution in [0.5, 0.6) is 0 Å². The third-order valence-electron chi connectivity index (χ3n) is 5.24. The number of halogens is 3. The normalized spacial score (nSPS) is 24.2. The predicted octanol–water partition coefficient (Wildman–Crippen LogP) is 5.15. The van der Waals surface area contributed by atoms with Gasteiger partial charge in [0.2, 0.25) is 5.91 Å². The summed E-state index contributed by atoms with van der Waals surface area (Å²) in [6, 6.07) is 4.94. The Morgan fingerprint density at radius 3 is 2.41 bits per heavy atom. The first-order chi connectivity index (χ1) is 13.7. The van der Waals surface area contributed by atoms with E-state index in [1.54, 1.807) is 23.1 Å². The molecule has 1 amide bonds. The van der Waals surface area contributed by atoms with E-state index in [1.165, 1.54) is 6.92 Å². The topological polar surface area (TPSA) is 77.8 Å². The monoisotopic (exact) mass is 461 g/mol. The second-order valence-corrected chi connectivity index (χ2v) is 8.83. The number of allylic oxidation sites excluding steroid dienone is 2. The molecule has 1 aliphatic carbocycles. The quantitative estimate of drug-likeness (QED) is 0.302. The molecule has 2 N–H and O–H groups in total. The lowest BCUT2D eigenvalue weighted by atomic mass is 9.90. The van der Waals surface area contributed by atoms with Crippen LogP contribution in [0.4, 0.5) is 5.69 Å². The number of carboxylic acids is 1. The number of amides is 1. The lowest BCUT2D eigenvalue weighted by molar-refractivity contribution is -0.137. The molecule has 1 fully saturated rings. The first-order valence-corrected chi connectivity index (χ1v) is 10.8. The van der Waals surface area contributed by atoms with E-state index in [1.807, 2.05) is 12.2 Å². The predicted molar refractivity (Wildman–Crippen MR) is 117 cm³/mol. The first kappa shape index (κ1) is 24.0. The van der Waals surface area contributed by atoms with E-state index >= 15 is 0 Å². The van der Waals surface area contributed by atoms with Crippen molar-refractivity contribution in [3.05, 3.63) is 40.4 Å². The molecule has 1 saturated carbocycles. The number of benzene rings is 1. The molecule has 0 aliphatic heterocycles. The van der Waals surface area contributed by atoms with Crippen LogP contribution in [0.15, 0.2) is 30.4 Å². The van der Waals surface area contributed by atoms with Crippen LogP contribution in [0.1, 0.15) is 39.0 Å². The summed E-state index contributed by atoms with van der Waals surface area (Å²) in [6.07, 6.45) is 5.86. The Bertz CT molecular complexity index is 735. The second-order valence-electron chi connectivity index (χ2n) is 7.40. The Balaban J connectivity index is 2.08. The minimum absolute atomic E-state index is 0.00102. The molecule has 0 bridgehead atoms. The summed E-state index contributed by atoms with van der Waals surface area (Å²) in [5.41, 5.74) is 0.586. The Morgan fingerprint density at radius 2 is 1.83 bits per heavy atom. The zero-order valence-electron chi connectivity index (χ0n) is 16.2. The molecular formula is C21H26Cl3NO4. The lowest BCUT2D eigenvalue weighted by Gasteiger charge is -2.30. The molecule has 1 aromatic carbocycles. The molecule has 160 valence electrons. The summed E-state index contributed by atoms with van der Waals surface area (Å²) in [6.45, 7) is 1.78. The molecule has 4 atom stereocenters. The fraction of sp³-hybridized carbons (Fsp3) is 0.524. The average Bonchev–Trinajstić information content (AvgIpc) is 2.87. The highest BCUT2D eigenvalue weighted by molar-refractivity contribution is 6.35. The number of carbonyl (C=O) groups is 2. The van der Waals surface area contributed by atoms with Crippen LogP contribution >= 0.6 is 34.8 Å². The van der Waals surface area contributed by atoms with Crippen molar-refractivity contribution in [2.75, 3.05) is 11.4 Å². The van der Waals surface area contributed by atoms with Crippen molar-refractivity contribution in [1.29, 1.82) is 0 Å². The van der Waals surface area contributed by atoms with Crippen molar-refractivity contribution in [2.45, 2.75) is 50.5 Å². The molecular weight excluding hydrogens is 437 g/mol. The maximum Gasteiger partial charge on any atom is 0.303 e. The van der Waals surface area contributed by atoms with Crippen LogP contribution in [-0.4, -0.2) is 40.1 Å². The van der Waals surface area contributed by atoms with Crippen LogP contribution in [0.25, 0.3) is 0 Å². The number of anilines is 1. The number of nitrogens with zero attached hydrogens (tertiary/aromatic N) is 1. The summed E-state index contributed by atoms with van der Waals surface area (Å²) < 4.78 is 0. The smallest absolute Gasteiger partial charge is 0.303 e.